The molecule has 0 atom stereocenters. The van der Waals surface area contributed by atoms with E-state index in [2.05, 4.69) is 14.7 Å². The van der Waals surface area contributed by atoms with Crippen molar-refractivity contribution >= 4 is 23.1 Å². The molecule has 162 valence electrons. The molecule has 1 aromatic heterocycles. The summed E-state index contributed by atoms with van der Waals surface area (Å²) in [4.78, 5) is 17.3. The standard InChI is InChI=1S/C25H23N3O3S/c1-16-9-11-20(13-17(16)2)26-24(29)19-10-12-21(30-3)22(15-19)31-25-27-23(28-32-25)14-18-7-5-4-6-8-18/h4-13,15H,14H2,1-3H3,(H,26,29). The van der Waals surface area contributed by atoms with E-state index < -0.39 is 0 Å². The van der Waals surface area contributed by atoms with E-state index in [1.807, 2.05) is 62.4 Å². The van der Waals surface area contributed by atoms with E-state index in [9.17, 15) is 4.79 Å². The zero-order valence-electron chi connectivity index (χ0n) is 18.1. The highest BCUT2D eigenvalue weighted by atomic mass is 32.1. The number of nitrogens with zero attached hydrogens (tertiary/aromatic N) is 2. The lowest BCUT2D eigenvalue weighted by atomic mass is 10.1. The summed E-state index contributed by atoms with van der Waals surface area (Å²) in [5.74, 6) is 1.36. The summed E-state index contributed by atoms with van der Waals surface area (Å²) in [6.07, 6.45) is 0.621. The van der Waals surface area contributed by atoms with Crippen LogP contribution in [0.4, 0.5) is 5.69 Å². The number of benzene rings is 3. The Labute approximate surface area is 191 Å². The lowest BCUT2D eigenvalue weighted by Gasteiger charge is -2.11. The quantitative estimate of drug-likeness (QED) is 0.389. The minimum atomic E-state index is -0.234. The van der Waals surface area contributed by atoms with Crippen LogP contribution in [0.25, 0.3) is 0 Å². The molecule has 4 aromatic rings. The smallest absolute Gasteiger partial charge is 0.298 e. The molecule has 0 aliphatic heterocycles. The average Bonchev–Trinajstić information content (AvgIpc) is 3.23. The van der Waals surface area contributed by atoms with Gasteiger partial charge in [0.1, 0.15) is 0 Å². The summed E-state index contributed by atoms with van der Waals surface area (Å²) in [5.41, 5.74) is 4.61. The molecular weight excluding hydrogens is 422 g/mol. The Balaban J connectivity index is 1.50. The molecule has 7 heteroatoms. The molecule has 4 rings (SSSR count). The molecule has 32 heavy (non-hydrogen) atoms. The SMILES string of the molecule is COc1ccc(C(=O)Nc2ccc(C)c(C)c2)cc1Oc1nc(Cc2ccccc2)ns1. The van der Waals surface area contributed by atoms with Crippen molar-refractivity contribution in [1.29, 1.82) is 0 Å². The largest absolute Gasteiger partial charge is 0.493 e. The first-order valence-electron chi connectivity index (χ1n) is 10.1. The van der Waals surface area contributed by atoms with E-state index >= 15 is 0 Å². The molecule has 0 spiro atoms. The fourth-order valence-electron chi connectivity index (χ4n) is 3.14. The van der Waals surface area contributed by atoms with Crippen molar-refractivity contribution in [2.24, 2.45) is 0 Å². The van der Waals surface area contributed by atoms with E-state index in [4.69, 9.17) is 9.47 Å². The summed E-state index contributed by atoms with van der Waals surface area (Å²) < 4.78 is 15.7. The van der Waals surface area contributed by atoms with Gasteiger partial charge in [-0.05, 0) is 60.9 Å². The van der Waals surface area contributed by atoms with Crippen molar-refractivity contribution in [1.82, 2.24) is 9.36 Å². The van der Waals surface area contributed by atoms with Gasteiger partial charge in [0.2, 0.25) is 0 Å². The minimum Gasteiger partial charge on any atom is -0.493 e. The summed E-state index contributed by atoms with van der Waals surface area (Å²) >= 11 is 1.16. The maximum absolute atomic E-state index is 12.8. The summed E-state index contributed by atoms with van der Waals surface area (Å²) in [7, 11) is 1.55. The third-order valence-electron chi connectivity index (χ3n) is 5.04. The number of nitrogens with one attached hydrogen (secondary N) is 1. The lowest BCUT2D eigenvalue weighted by Crippen LogP contribution is -2.12. The topological polar surface area (TPSA) is 73.3 Å². The molecule has 3 aromatic carbocycles. The number of hydrogen-bond donors (Lipinski definition) is 1. The van der Waals surface area contributed by atoms with Gasteiger partial charge in [-0.15, -0.1) is 0 Å². The van der Waals surface area contributed by atoms with Gasteiger partial charge >= 0.3 is 0 Å². The van der Waals surface area contributed by atoms with Gasteiger partial charge in [-0.3, -0.25) is 4.79 Å². The van der Waals surface area contributed by atoms with Crippen LogP contribution in [0, 0.1) is 13.8 Å². The zero-order valence-corrected chi connectivity index (χ0v) is 18.9. The molecule has 1 heterocycles. The number of anilines is 1. The van der Waals surface area contributed by atoms with Crippen molar-refractivity contribution in [3.05, 3.63) is 94.8 Å². The van der Waals surface area contributed by atoms with Gasteiger partial charge < -0.3 is 14.8 Å². The summed E-state index contributed by atoms with van der Waals surface area (Å²) in [6, 6.07) is 20.9. The Hall–Kier alpha value is -3.71. The average molecular weight is 446 g/mol. The first-order chi connectivity index (χ1) is 15.5. The number of ether oxygens (including phenoxy) is 2. The predicted octanol–water partition coefficient (Wildman–Crippen LogP) is 5.80. The third kappa shape index (κ3) is 5.12. The van der Waals surface area contributed by atoms with Gasteiger partial charge in [0, 0.05) is 29.2 Å². The van der Waals surface area contributed by atoms with Crippen molar-refractivity contribution in [2.75, 3.05) is 12.4 Å². The monoisotopic (exact) mass is 445 g/mol. The normalized spacial score (nSPS) is 10.6. The molecule has 0 radical (unpaired) electrons. The predicted molar refractivity (Wildman–Crippen MR) is 126 cm³/mol. The van der Waals surface area contributed by atoms with Crippen LogP contribution in [0.2, 0.25) is 0 Å². The fourth-order valence-corrected chi connectivity index (χ4v) is 3.71. The second-order valence-corrected chi connectivity index (χ2v) is 8.07. The Morgan fingerprint density at radius 2 is 1.78 bits per heavy atom. The van der Waals surface area contributed by atoms with Crippen LogP contribution in [0.1, 0.15) is 32.9 Å². The number of aromatic nitrogens is 2. The summed E-state index contributed by atoms with van der Waals surface area (Å²) in [6.45, 7) is 4.05. The number of aryl methyl sites for hydroxylation is 2. The van der Waals surface area contributed by atoms with Crippen LogP contribution in [0.3, 0.4) is 0 Å². The molecule has 0 saturated carbocycles. The number of hydrogen-bond acceptors (Lipinski definition) is 6. The molecule has 0 aliphatic carbocycles. The first-order valence-corrected chi connectivity index (χ1v) is 10.9. The summed E-state index contributed by atoms with van der Waals surface area (Å²) in [5, 5.41) is 3.32. The van der Waals surface area contributed by atoms with Gasteiger partial charge in [-0.1, -0.05) is 36.4 Å². The Morgan fingerprint density at radius 3 is 2.53 bits per heavy atom. The van der Waals surface area contributed by atoms with Crippen molar-refractivity contribution < 1.29 is 14.3 Å². The third-order valence-corrected chi connectivity index (χ3v) is 5.68. The van der Waals surface area contributed by atoms with Crippen LogP contribution < -0.4 is 14.8 Å². The van der Waals surface area contributed by atoms with E-state index in [1.165, 1.54) is 5.56 Å². The molecule has 1 amide bonds. The Kier molecular flexibility index (Phi) is 6.47. The highest BCUT2D eigenvalue weighted by Crippen LogP contribution is 2.33. The van der Waals surface area contributed by atoms with Gasteiger partial charge in [-0.2, -0.15) is 9.36 Å². The highest BCUT2D eigenvalue weighted by Gasteiger charge is 2.15. The van der Waals surface area contributed by atoms with Crippen molar-refractivity contribution in [3.63, 3.8) is 0 Å². The first kappa shape index (κ1) is 21.5. The van der Waals surface area contributed by atoms with Crippen LogP contribution >= 0.6 is 11.5 Å². The second kappa shape index (κ2) is 9.62. The number of carbonyl (C=O) groups is 1. The van der Waals surface area contributed by atoms with Gasteiger partial charge in [0.25, 0.3) is 11.1 Å². The molecule has 6 nitrogen and oxygen atoms in total. The molecule has 0 saturated heterocycles. The van der Waals surface area contributed by atoms with Crippen LogP contribution in [0.15, 0.2) is 66.7 Å². The van der Waals surface area contributed by atoms with Crippen molar-refractivity contribution in [3.8, 4) is 16.7 Å². The fraction of sp³-hybridized carbons (Fsp3) is 0.160. The molecule has 0 fully saturated rings. The van der Waals surface area contributed by atoms with Crippen molar-refractivity contribution in [2.45, 2.75) is 20.3 Å². The Bertz CT molecular complexity index is 1240. The number of amides is 1. The van der Waals surface area contributed by atoms with Gasteiger partial charge in [0.15, 0.2) is 17.3 Å². The van der Waals surface area contributed by atoms with E-state index in [0.29, 0.717) is 34.5 Å². The highest BCUT2D eigenvalue weighted by molar-refractivity contribution is 7.07. The molecule has 0 aliphatic rings. The van der Waals surface area contributed by atoms with Gasteiger partial charge in [-0.25, -0.2) is 0 Å². The Morgan fingerprint density at radius 1 is 0.969 bits per heavy atom. The number of methoxy groups -OCH3 is 1. The maximum Gasteiger partial charge on any atom is 0.298 e. The number of rotatable bonds is 7. The van der Waals surface area contributed by atoms with E-state index in [1.54, 1.807) is 25.3 Å². The second-order valence-electron chi connectivity index (χ2n) is 7.36. The molecule has 0 bridgehead atoms. The van der Waals surface area contributed by atoms with E-state index in [0.717, 1.165) is 28.3 Å². The number of carbonyl (C=O) groups excluding carboxylic acids is 1. The van der Waals surface area contributed by atoms with Crippen LogP contribution in [-0.2, 0) is 6.42 Å². The van der Waals surface area contributed by atoms with E-state index in [-0.39, 0.29) is 5.91 Å². The lowest BCUT2D eigenvalue weighted by molar-refractivity contribution is 0.102. The zero-order chi connectivity index (χ0) is 22.5. The molecule has 1 N–H and O–H groups in total. The van der Waals surface area contributed by atoms with Crippen LogP contribution in [0.5, 0.6) is 16.7 Å². The molecule has 0 unspecified atom stereocenters. The maximum atomic E-state index is 12.8. The van der Waals surface area contributed by atoms with Gasteiger partial charge in [0.05, 0.1) is 7.11 Å². The minimum absolute atomic E-state index is 0.234. The molecular formula is C25H23N3O3S. The van der Waals surface area contributed by atoms with Crippen LogP contribution in [-0.4, -0.2) is 22.4 Å².